The Hall–Kier alpha value is -4.14. The van der Waals surface area contributed by atoms with Gasteiger partial charge in [-0.25, -0.2) is 4.98 Å². The quantitative estimate of drug-likeness (QED) is 0.157. The smallest absolute Gasteiger partial charge is 0.192 e. The Labute approximate surface area is 222 Å². The van der Waals surface area contributed by atoms with E-state index < -0.39 is 0 Å². The molecule has 0 aliphatic heterocycles. The lowest BCUT2D eigenvalue weighted by atomic mass is 10.0. The van der Waals surface area contributed by atoms with Gasteiger partial charge in [0.15, 0.2) is 11.0 Å². The van der Waals surface area contributed by atoms with Gasteiger partial charge in [0.2, 0.25) is 0 Å². The molecule has 3 aromatic carbocycles. The third kappa shape index (κ3) is 4.81. The monoisotopic (exact) mass is 518 g/mol. The number of nitrogens with zero attached hydrogens (tertiary/aromatic N) is 6. The fourth-order valence-electron chi connectivity index (χ4n) is 4.22. The van der Waals surface area contributed by atoms with Gasteiger partial charge >= 0.3 is 0 Å². The minimum absolute atomic E-state index is 0.609. The second-order valence-electron chi connectivity index (χ2n) is 8.42. The molecule has 0 bridgehead atoms. The Morgan fingerprint density at radius 3 is 2.41 bits per heavy atom. The standard InChI is InChI=1S/C29H22N6S2/c1-2-16-35-28(24-17-26(21-8-4-3-5-9-21)30-25-11-7-6-10-23(24)25)32-33-29(35)36-18-20-12-14-22(15-13-20)27-19-37-34-31-27/h2-15,17,19H,1,16,18H2. The van der Waals surface area contributed by atoms with Gasteiger partial charge in [-0.05, 0) is 29.2 Å². The molecule has 6 aromatic rings. The van der Waals surface area contributed by atoms with Crippen LogP contribution in [0.15, 0.2) is 108 Å². The van der Waals surface area contributed by atoms with Crippen LogP contribution in [-0.2, 0) is 12.3 Å². The summed E-state index contributed by atoms with van der Waals surface area (Å²) in [6.07, 6.45) is 1.88. The molecule has 0 aliphatic rings. The van der Waals surface area contributed by atoms with Crippen LogP contribution >= 0.6 is 23.3 Å². The zero-order chi connectivity index (χ0) is 25.0. The molecule has 0 saturated carbocycles. The van der Waals surface area contributed by atoms with E-state index in [0.717, 1.165) is 55.7 Å². The van der Waals surface area contributed by atoms with E-state index >= 15 is 0 Å². The Balaban J connectivity index is 1.34. The maximum Gasteiger partial charge on any atom is 0.192 e. The Morgan fingerprint density at radius 2 is 1.62 bits per heavy atom. The summed E-state index contributed by atoms with van der Waals surface area (Å²) in [7, 11) is 0. The van der Waals surface area contributed by atoms with Crippen molar-refractivity contribution in [2.75, 3.05) is 0 Å². The molecule has 37 heavy (non-hydrogen) atoms. The fourth-order valence-corrected chi connectivity index (χ4v) is 5.58. The second kappa shape index (κ2) is 10.5. The Bertz CT molecular complexity index is 1660. The first-order valence-corrected chi connectivity index (χ1v) is 13.6. The van der Waals surface area contributed by atoms with Crippen molar-refractivity contribution in [1.82, 2.24) is 29.3 Å². The first kappa shape index (κ1) is 23.3. The highest BCUT2D eigenvalue weighted by Gasteiger charge is 2.18. The van der Waals surface area contributed by atoms with Crippen LogP contribution in [0.25, 0.3) is 44.8 Å². The molecule has 0 radical (unpaired) electrons. The van der Waals surface area contributed by atoms with E-state index in [1.807, 2.05) is 47.9 Å². The maximum atomic E-state index is 4.93. The summed E-state index contributed by atoms with van der Waals surface area (Å²) in [4.78, 5) is 4.93. The van der Waals surface area contributed by atoms with E-state index in [-0.39, 0.29) is 0 Å². The van der Waals surface area contributed by atoms with Crippen molar-refractivity contribution in [3.63, 3.8) is 0 Å². The van der Waals surface area contributed by atoms with Gasteiger partial charge in [-0.3, -0.25) is 4.57 Å². The van der Waals surface area contributed by atoms with E-state index in [9.17, 15) is 0 Å². The zero-order valence-electron chi connectivity index (χ0n) is 19.9. The SMILES string of the molecule is C=CCn1c(SCc2ccc(-c3csnn3)cc2)nnc1-c1cc(-c2ccccc2)nc2ccccc12. The largest absolute Gasteiger partial charge is 0.298 e. The minimum atomic E-state index is 0.609. The predicted molar refractivity (Wildman–Crippen MR) is 151 cm³/mol. The Kier molecular flexibility index (Phi) is 6.58. The number of para-hydroxylation sites is 1. The molecule has 0 fully saturated rings. The lowest BCUT2D eigenvalue weighted by molar-refractivity contribution is 0.731. The topological polar surface area (TPSA) is 69.4 Å². The van der Waals surface area contributed by atoms with Gasteiger partial charge in [0, 0.05) is 39.8 Å². The van der Waals surface area contributed by atoms with E-state index in [0.29, 0.717) is 6.54 Å². The van der Waals surface area contributed by atoms with Crippen LogP contribution in [-0.4, -0.2) is 29.3 Å². The van der Waals surface area contributed by atoms with Gasteiger partial charge in [0.05, 0.1) is 11.2 Å². The molecular formula is C29H22N6S2. The number of benzene rings is 3. The highest BCUT2D eigenvalue weighted by molar-refractivity contribution is 7.98. The number of aromatic nitrogens is 6. The molecule has 6 nitrogen and oxygen atoms in total. The lowest BCUT2D eigenvalue weighted by Gasteiger charge is -2.12. The van der Waals surface area contributed by atoms with Crippen molar-refractivity contribution in [3.05, 3.63) is 109 Å². The number of hydrogen-bond acceptors (Lipinski definition) is 7. The number of pyridine rings is 1. The molecule has 0 saturated heterocycles. The van der Waals surface area contributed by atoms with Crippen molar-refractivity contribution in [1.29, 1.82) is 0 Å². The zero-order valence-corrected chi connectivity index (χ0v) is 21.5. The van der Waals surface area contributed by atoms with E-state index in [2.05, 4.69) is 79.5 Å². The summed E-state index contributed by atoms with van der Waals surface area (Å²) in [5.41, 5.74) is 7.08. The third-order valence-electron chi connectivity index (χ3n) is 6.03. The van der Waals surface area contributed by atoms with Gasteiger partial charge in [-0.15, -0.1) is 21.9 Å². The second-order valence-corrected chi connectivity index (χ2v) is 9.97. The number of allylic oxidation sites excluding steroid dienone is 1. The predicted octanol–water partition coefficient (Wildman–Crippen LogP) is 7.16. The number of fused-ring (bicyclic) bond motifs is 1. The molecule has 8 heteroatoms. The molecule has 6 rings (SSSR count). The van der Waals surface area contributed by atoms with Gasteiger partial charge < -0.3 is 0 Å². The maximum absolute atomic E-state index is 4.93. The van der Waals surface area contributed by atoms with E-state index in [1.54, 1.807) is 11.8 Å². The summed E-state index contributed by atoms with van der Waals surface area (Å²) in [5, 5.41) is 17.2. The average Bonchev–Trinajstić information content (AvgIpc) is 3.63. The van der Waals surface area contributed by atoms with Gasteiger partial charge in [-0.1, -0.05) is 95.1 Å². The minimum Gasteiger partial charge on any atom is -0.298 e. The molecule has 3 aromatic heterocycles. The van der Waals surface area contributed by atoms with Crippen molar-refractivity contribution in [2.45, 2.75) is 17.5 Å². The fraction of sp³-hybridized carbons (Fsp3) is 0.0690. The molecule has 180 valence electrons. The van der Waals surface area contributed by atoms with Crippen molar-refractivity contribution in [3.8, 4) is 33.9 Å². The summed E-state index contributed by atoms with van der Waals surface area (Å²) in [6.45, 7) is 4.59. The summed E-state index contributed by atoms with van der Waals surface area (Å²) in [5.74, 6) is 1.58. The third-order valence-corrected chi connectivity index (χ3v) is 7.58. The van der Waals surface area contributed by atoms with Crippen molar-refractivity contribution in [2.24, 2.45) is 0 Å². The van der Waals surface area contributed by atoms with Crippen molar-refractivity contribution >= 4 is 34.2 Å². The highest BCUT2D eigenvalue weighted by atomic mass is 32.2. The lowest BCUT2D eigenvalue weighted by Crippen LogP contribution is -2.02. The Morgan fingerprint density at radius 1 is 0.838 bits per heavy atom. The van der Waals surface area contributed by atoms with Crippen LogP contribution in [0.4, 0.5) is 0 Å². The molecule has 0 unspecified atom stereocenters. The molecule has 0 spiro atoms. The van der Waals surface area contributed by atoms with Crippen LogP contribution < -0.4 is 0 Å². The first-order chi connectivity index (χ1) is 18.3. The van der Waals surface area contributed by atoms with Crippen LogP contribution in [0.3, 0.4) is 0 Å². The van der Waals surface area contributed by atoms with Crippen LogP contribution in [0.1, 0.15) is 5.56 Å². The molecular weight excluding hydrogens is 496 g/mol. The summed E-state index contributed by atoms with van der Waals surface area (Å²) < 4.78 is 6.08. The summed E-state index contributed by atoms with van der Waals surface area (Å²) in [6, 6.07) is 28.9. The number of rotatable bonds is 8. The van der Waals surface area contributed by atoms with Crippen LogP contribution in [0.5, 0.6) is 0 Å². The highest BCUT2D eigenvalue weighted by Crippen LogP contribution is 2.33. The first-order valence-electron chi connectivity index (χ1n) is 11.8. The molecule has 0 aliphatic carbocycles. The number of hydrogen-bond donors (Lipinski definition) is 0. The van der Waals surface area contributed by atoms with E-state index in [1.165, 1.54) is 17.1 Å². The summed E-state index contributed by atoms with van der Waals surface area (Å²) >= 11 is 3.02. The van der Waals surface area contributed by atoms with E-state index in [4.69, 9.17) is 4.98 Å². The van der Waals surface area contributed by atoms with Crippen LogP contribution in [0, 0.1) is 0 Å². The molecule has 0 N–H and O–H groups in total. The van der Waals surface area contributed by atoms with Gasteiger partial charge in [0.25, 0.3) is 0 Å². The van der Waals surface area contributed by atoms with Crippen molar-refractivity contribution < 1.29 is 0 Å². The van der Waals surface area contributed by atoms with Crippen LogP contribution in [0.2, 0.25) is 0 Å². The molecule has 0 atom stereocenters. The normalized spacial score (nSPS) is 11.1. The molecule has 0 amide bonds. The van der Waals surface area contributed by atoms with Gasteiger partial charge in [-0.2, -0.15) is 0 Å². The van der Waals surface area contributed by atoms with Gasteiger partial charge in [0.1, 0.15) is 5.69 Å². The average molecular weight is 519 g/mol. The molecule has 3 heterocycles. The number of thioether (sulfide) groups is 1.